The smallest absolute Gasteiger partial charge is 0.340 e. The van der Waals surface area contributed by atoms with Gasteiger partial charge in [0.15, 0.2) is 0 Å². The van der Waals surface area contributed by atoms with Gasteiger partial charge in [-0.15, -0.1) is 0 Å². The van der Waals surface area contributed by atoms with Crippen molar-refractivity contribution in [3.8, 4) is 0 Å². The number of rotatable bonds is 14. The highest BCUT2D eigenvalue weighted by molar-refractivity contribution is 5.98. The second-order valence-corrected chi connectivity index (χ2v) is 7.83. The fourth-order valence-electron chi connectivity index (χ4n) is 3.22. The minimum absolute atomic E-state index is 0.240. The molecule has 0 radical (unpaired) electrons. The lowest BCUT2D eigenvalue weighted by molar-refractivity contribution is 0.0415. The van der Waals surface area contributed by atoms with Crippen LogP contribution in [0.5, 0.6) is 0 Å². The maximum Gasteiger partial charge on any atom is 0.340 e. The van der Waals surface area contributed by atoms with Gasteiger partial charge < -0.3 is 15.2 Å². The first-order valence-corrected chi connectivity index (χ1v) is 11.2. The van der Waals surface area contributed by atoms with Crippen molar-refractivity contribution in [2.45, 2.75) is 79.1 Å². The van der Waals surface area contributed by atoms with E-state index in [1.54, 1.807) is 12.1 Å². The molecule has 0 aliphatic rings. The van der Waals surface area contributed by atoms with Gasteiger partial charge in [0, 0.05) is 5.69 Å². The van der Waals surface area contributed by atoms with Gasteiger partial charge in [-0.05, 0) is 42.9 Å². The quantitative estimate of drug-likeness (QED) is 0.303. The molecule has 1 aromatic rings. The summed E-state index contributed by atoms with van der Waals surface area (Å²) in [5.74, 6) is -0.0986. The van der Waals surface area contributed by atoms with Gasteiger partial charge >= 0.3 is 11.9 Å². The predicted molar refractivity (Wildman–Crippen MR) is 118 cm³/mol. The van der Waals surface area contributed by atoms with Crippen LogP contribution < -0.4 is 5.73 Å². The van der Waals surface area contributed by atoms with Crippen molar-refractivity contribution in [1.29, 1.82) is 0 Å². The predicted octanol–water partition coefficient (Wildman–Crippen LogP) is 6.02. The molecule has 164 valence electrons. The fraction of sp³-hybridized carbons (Fsp3) is 0.667. The van der Waals surface area contributed by atoms with Gasteiger partial charge in [-0.3, -0.25) is 0 Å². The minimum Gasteiger partial charge on any atom is -0.462 e. The summed E-state index contributed by atoms with van der Waals surface area (Å²) in [6.45, 7) is 9.33. The van der Waals surface area contributed by atoms with E-state index in [2.05, 4.69) is 27.7 Å². The molecule has 0 aromatic heterocycles. The van der Waals surface area contributed by atoms with Crippen LogP contribution in [-0.4, -0.2) is 25.2 Å². The zero-order chi connectivity index (χ0) is 21.6. The van der Waals surface area contributed by atoms with E-state index in [-0.39, 0.29) is 5.69 Å². The first kappa shape index (κ1) is 25.0. The van der Waals surface area contributed by atoms with Crippen LogP contribution in [0, 0.1) is 11.8 Å². The summed E-state index contributed by atoms with van der Waals surface area (Å²) in [5, 5.41) is 0. The summed E-state index contributed by atoms with van der Waals surface area (Å²) in [6, 6.07) is 4.63. The Hall–Kier alpha value is -2.04. The molecule has 0 aliphatic carbocycles. The number of hydrogen-bond donors (Lipinski definition) is 1. The number of anilines is 1. The molecule has 0 aliphatic heterocycles. The number of carbonyl (C=O) groups is 2. The van der Waals surface area contributed by atoms with Gasteiger partial charge in [-0.2, -0.15) is 0 Å². The molecule has 2 unspecified atom stereocenters. The molecule has 2 atom stereocenters. The average molecular weight is 406 g/mol. The van der Waals surface area contributed by atoms with Crippen LogP contribution in [0.4, 0.5) is 5.69 Å². The van der Waals surface area contributed by atoms with Gasteiger partial charge in [-0.25, -0.2) is 9.59 Å². The molecule has 1 aromatic carbocycles. The molecule has 1 rings (SSSR count). The Morgan fingerprint density at radius 1 is 0.862 bits per heavy atom. The van der Waals surface area contributed by atoms with E-state index in [1.807, 2.05) is 0 Å². The maximum absolute atomic E-state index is 12.4. The number of nitrogens with two attached hydrogens (primary N) is 1. The number of benzene rings is 1. The van der Waals surface area contributed by atoms with Crippen LogP contribution in [0.3, 0.4) is 0 Å². The minimum atomic E-state index is -0.442. The highest BCUT2D eigenvalue weighted by Crippen LogP contribution is 2.19. The van der Waals surface area contributed by atoms with Gasteiger partial charge in [0.2, 0.25) is 0 Å². The summed E-state index contributed by atoms with van der Waals surface area (Å²) in [6.07, 6.45) is 8.61. The fourth-order valence-corrected chi connectivity index (χ4v) is 3.22. The van der Waals surface area contributed by atoms with Crippen molar-refractivity contribution in [2.75, 3.05) is 18.9 Å². The second-order valence-electron chi connectivity index (χ2n) is 7.83. The van der Waals surface area contributed by atoms with Crippen LogP contribution in [0.2, 0.25) is 0 Å². The number of nitrogen functional groups attached to an aromatic ring is 1. The van der Waals surface area contributed by atoms with Gasteiger partial charge in [-0.1, -0.05) is 66.2 Å². The third-order valence-electron chi connectivity index (χ3n) is 5.49. The standard InChI is InChI=1S/C24H39NO4/c1-5-9-11-18(7-3)16-28-23(26)20-13-14-21(22(25)15-20)24(27)29-17-19(8-4)12-10-6-2/h13-15,18-19H,5-12,16-17,25H2,1-4H3. The first-order valence-electron chi connectivity index (χ1n) is 11.2. The third kappa shape index (κ3) is 8.88. The molecule has 0 saturated carbocycles. The second kappa shape index (κ2) is 14.0. The molecule has 0 fully saturated rings. The lowest BCUT2D eigenvalue weighted by Gasteiger charge is -2.16. The molecular weight excluding hydrogens is 366 g/mol. The number of unbranched alkanes of at least 4 members (excludes halogenated alkanes) is 2. The summed E-state index contributed by atoms with van der Waals surface area (Å²) >= 11 is 0. The summed E-state index contributed by atoms with van der Waals surface area (Å²) in [4.78, 5) is 24.7. The summed E-state index contributed by atoms with van der Waals surface area (Å²) in [5.41, 5.74) is 6.91. The first-order chi connectivity index (χ1) is 14.0. The Morgan fingerprint density at radius 2 is 1.38 bits per heavy atom. The van der Waals surface area contributed by atoms with Crippen molar-refractivity contribution >= 4 is 17.6 Å². The van der Waals surface area contributed by atoms with E-state index < -0.39 is 11.9 Å². The van der Waals surface area contributed by atoms with Gasteiger partial charge in [0.1, 0.15) is 0 Å². The molecule has 0 amide bonds. The third-order valence-corrected chi connectivity index (χ3v) is 5.49. The Morgan fingerprint density at radius 3 is 1.83 bits per heavy atom. The molecule has 2 N–H and O–H groups in total. The van der Waals surface area contributed by atoms with E-state index in [0.29, 0.717) is 36.2 Å². The van der Waals surface area contributed by atoms with Crippen molar-refractivity contribution in [1.82, 2.24) is 0 Å². The maximum atomic E-state index is 12.4. The summed E-state index contributed by atoms with van der Waals surface area (Å²) in [7, 11) is 0. The Labute approximate surface area is 176 Å². The highest BCUT2D eigenvalue weighted by atomic mass is 16.5. The van der Waals surface area contributed by atoms with Crippen LogP contribution in [-0.2, 0) is 9.47 Å². The molecule has 5 heteroatoms. The molecule has 0 heterocycles. The Bertz CT molecular complexity index is 629. The zero-order valence-corrected chi connectivity index (χ0v) is 18.7. The van der Waals surface area contributed by atoms with Crippen molar-refractivity contribution in [3.05, 3.63) is 29.3 Å². The molecule has 0 saturated heterocycles. The van der Waals surface area contributed by atoms with Crippen molar-refractivity contribution in [3.63, 3.8) is 0 Å². The lowest BCUT2D eigenvalue weighted by atomic mass is 10.0. The van der Waals surface area contributed by atoms with Crippen LogP contribution in [0.1, 0.15) is 99.8 Å². The normalized spacial score (nSPS) is 13.0. The molecule has 5 nitrogen and oxygen atoms in total. The number of carbonyl (C=O) groups excluding carboxylic acids is 2. The van der Waals surface area contributed by atoms with E-state index in [1.165, 1.54) is 6.07 Å². The van der Waals surface area contributed by atoms with Gasteiger partial charge in [0.05, 0.1) is 24.3 Å². The lowest BCUT2D eigenvalue weighted by Crippen LogP contribution is -2.16. The monoisotopic (exact) mass is 405 g/mol. The topological polar surface area (TPSA) is 78.6 Å². The number of ether oxygens (including phenoxy) is 2. The van der Waals surface area contributed by atoms with E-state index in [0.717, 1.165) is 51.4 Å². The largest absolute Gasteiger partial charge is 0.462 e. The molecule has 0 bridgehead atoms. The van der Waals surface area contributed by atoms with Gasteiger partial charge in [0.25, 0.3) is 0 Å². The molecule has 29 heavy (non-hydrogen) atoms. The zero-order valence-electron chi connectivity index (χ0n) is 18.7. The van der Waals surface area contributed by atoms with E-state index in [4.69, 9.17) is 15.2 Å². The number of hydrogen-bond acceptors (Lipinski definition) is 5. The van der Waals surface area contributed by atoms with Crippen molar-refractivity contribution in [2.24, 2.45) is 11.8 Å². The average Bonchev–Trinajstić information content (AvgIpc) is 2.73. The number of esters is 2. The van der Waals surface area contributed by atoms with Crippen LogP contribution >= 0.6 is 0 Å². The van der Waals surface area contributed by atoms with Crippen LogP contribution in [0.15, 0.2) is 18.2 Å². The van der Waals surface area contributed by atoms with E-state index >= 15 is 0 Å². The highest BCUT2D eigenvalue weighted by Gasteiger charge is 2.17. The van der Waals surface area contributed by atoms with Crippen LogP contribution in [0.25, 0.3) is 0 Å². The SMILES string of the molecule is CCCCC(CC)COC(=O)c1ccc(C(=O)OCC(CC)CCCC)c(N)c1. The molecule has 0 spiro atoms. The Kier molecular flexibility index (Phi) is 12.1. The summed E-state index contributed by atoms with van der Waals surface area (Å²) < 4.78 is 10.9. The Balaban J connectivity index is 2.63. The molecular formula is C24H39NO4. The van der Waals surface area contributed by atoms with E-state index in [9.17, 15) is 9.59 Å². The van der Waals surface area contributed by atoms with Crippen molar-refractivity contribution < 1.29 is 19.1 Å².